The highest BCUT2D eigenvalue weighted by atomic mass is 19.1. The summed E-state index contributed by atoms with van der Waals surface area (Å²) in [5.74, 6) is 0.168. The third-order valence-electron chi connectivity index (χ3n) is 5.97. The predicted octanol–water partition coefficient (Wildman–Crippen LogP) is 4.05. The highest BCUT2D eigenvalue weighted by Crippen LogP contribution is 2.30. The maximum absolute atomic E-state index is 13.6. The maximum atomic E-state index is 13.6. The lowest BCUT2D eigenvalue weighted by Crippen LogP contribution is -2.46. The maximum Gasteiger partial charge on any atom is 0.220 e. The zero-order valence-corrected chi connectivity index (χ0v) is 19.2. The van der Waals surface area contributed by atoms with E-state index < -0.39 is 0 Å². The van der Waals surface area contributed by atoms with Gasteiger partial charge in [0.25, 0.3) is 0 Å². The molecule has 178 valence electrons. The van der Waals surface area contributed by atoms with Crippen LogP contribution in [0, 0.1) is 17.1 Å². The van der Waals surface area contributed by atoms with Gasteiger partial charge in [-0.1, -0.05) is 30.3 Å². The number of anilines is 2. The molecule has 2 amide bonds. The molecule has 1 aromatic heterocycles. The van der Waals surface area contributed by atoms with E-state index in [1.54, 1.807) is 30.3 Å². The van der Waals surface area contributed by atoms with E-state index in [1.807, 2.05) is 18.2 Å². The van der Waals surface area contributed by atoms with Crippen molar-refractivity contribution in [2.75, 3.05) is 23.3 Å². The van der Waals surface area contributed by atoms with E-state index in [0.717, 1.165) is 24.8 Å². The number of rotatable bonds is 9. The second-order valence-corrected chi connectivity index (χ2v) is 8.44. The molecule has 4 rings (SSSR count). The molecule has 8 heteroatoms. The van der Waals surface area contributed by atoms with Gasteiger partial charge in [-0.25, -0.2) is 9.37 Å². The van der Waals surface area contributed by atoms with E-state index in [4.69, 9.17) is 4.98 Å². The Morgan fingerprint density at radius 3 is 2.83 bits per heavy atom. The summed E-state index contributed by atoms with van der Waals surface area (Å²) in [6, 6.07) is 19.2. The number of nitrogens with zero attached hydrogens (tertiary/aromatic N) is 3. The number of carbonyl (C=O) groups excluding carboxylic acids is 2. The third kappa shape index (κ3) is 6.01. The minimum absolute atomic E-state index is 0.0119. The Balaban J connectivity index is 1.62. The van der Waals surface area contributed by atoms with Crippen LogP contribution in [0.4, 0.5) is 15.9 Å². The van der Waals surface area contributed by atoms with Crippen molar-refractivity contribution in [2.45, 2.75) is 31.7 Å². The molecule has 0 radical (unpaired) electrons. The first-order chi connectivity index (χ1) is 17.1. The van der Waals surface area contributed by atoms with Crippen molar-refractivity contribution in [1.29, 1.82) is 5.26 Å². The lowest BCUT2D eigenvalue weighted by atomic mass is 10.0. The summed E-state index contributed by atoms with van der Waals surface area (Å²) in [4.78, 5) is 30.2. The average Bonchev–Trinajstić information content (AvgIpc) is 2.87. The first-order valence-electron chi connectivity index (χ1n) is 11.6. The Kier molecular flexibility index (Phi) is 7.68. The van der Waals surface area contributed by atoms with Crippen LogP contribution in [0.1, 0.15) is 30.4 Å². The van der Waals surface area contributed by atoms with Crippen LogP contribution in [0.2, 0.25) is 0 Å². The van der Waals surface area contributed by atoms with Crippen molar-refractivity contribution in [3.63, 3.8) is 0 Å². The minimum Gasteiger partial charge on any atom is -0.368 e. The second-order valence-electron chi connectivity index (χ2n) is 8.44. The summed E-state index contributed by atoms with van der Waals surface area (Å²) >= 11 is 0. The zero-order valence-electron chi connectivity index (χ0n) is 19.2. The average molecular weight is 472 g/mol. The fourth-order valence-corrected chi connectivity index (χ4v) is 4.24. The van der Waals surface area contributed by atoms with E-state index in [2.05, 4.69) is 16.7 Å². The second kappa shape index (κ2) is 11.3. The monoisotopic (exact) mass is 471 g/mol. The molecule has 35 heavy (non-hydrogen) atoms. The smallest absolute Gasteiger partial charge is 0.220 e. The highest BCUT2D eigenvalue weighted by Gasteiger charge is 2.23. The Bertz CT molecular complexity index is 1260. The van der Waals surface area contributed by atoms with Crippen LogP contribution in [-0.4, -0.2) is 36.4 Å². The lowest BCUT2D eigenvalue weighted by molar-refractivity contribution is -0.123. The molecule has 1 saturated heterocycles. The topological polar surface area (TPSA) is 98.1 Å². The molecular formula is C27H26FN5O2. The highest BCUT2D eigenvalue weighted by molar-refractivity contribution is 5.84. The van der Waals surface area contributed by atoms with Gasteiger partial charge in [0, 0.05) is 31.1 Å². The van der Waals surface area contributed by atoms with Gasteiger partial charge in [0.2, 0.25) is 12.3 Å². The molecule has 1 atom stereocenters. The zero-order chi connectivity index (χ0) is 24.6. The van der Waals surface area contributed by atoms with E-state index in [-0.39, 0.29) is 17.8 Å². The van der Waals surface area contributed by atoms with Gasteiger partial charge in [-0.05, 0) is 55.2 Å². The number of hydrogen-bond donors (Lipinski definition) is 2. The van der Waals surface area contributed by atoms with E-state index in [0.29, 0.717) is 54.3 Å². The van der Waals surface area contributed by atoms with Gasteiger partial charge < -0.3 is 15.5 Å². The van der Waals surface area contributed by atoms with Gasteiger partial charge in [0.15, 0.2) is 5.82 Å². The molecule has 0 bridgehead atoms. The van der Waals surface area contributed by atoms with Crippen LogP contribution in [0.5, 0.6) is 0 Å². The van der Waals surface area contributed by atoms with Gasteiger partial charge in [-0.2, -0.15) is 5.26 Å². The molecule has 2 N–H and O–H groups in total. The quantitative estimate of drug-likeness (QED) is 0.459. The molecule has 2 aromatic carbocycles. The number of piperidine rings is 1. The van der Waals surface area contributed by atoms with Crippen LogP contribution in [0.15, 0.2) is 60.7 Å². The number of aromatic nitrogens is 1. The number of nitriles is 1. The molecule has 1 unspecified atom stereocenters. The summed E-state index contributed by atoms with van der Waals surface area (Å²) in [6.45, 7) is 0.781. The number of carbonyl (C=O) groups is 2. The Hall–Kier alpha value is -4.25. The SMILES string of the molecule is N#Cc1ccccc1-c1ccc(N(C=O)CC2CCCC(=O)N2)c(NCCc2cccc(F)c2)n1. The molecule has 1 fully saturated rings. The van der Waals surface area contributed by atoms with Gasteiger partial charge in [-0.15, -0.1) is 0 Å². The fourth-order valence-electron chi connectivity index (χ4n) is 4.24. The van der Waals surface area contributed by atoms with Crippen molar-refractivity contribution < 1.29 is 14.0 Å². The molecule has 0 aliphatic carbocycles. The Morgan fingerprint density at radius 1 is 1.20 bits per heavy atom. The summed E-state index contributed by atoms with van der Waals surface area (Å²) < 4.78 is 13.6. The summed E-state index contributed by atoms with van der Waals surface area (Å²) in [6.07, 6.45) is 3.36. The summed E-state index contributed by atoms with van der Waals surface area (Å²) in [5.41, 5.74) is 3.18. The molecule has 2 heterocycles. The van der Waals surface area contributed by atoms with Crippen molar-refractivity contribution >= 4 is 23.8 Å². The summed E-state index contributed by atoms with van der Waals surface area (Å²) in [7, 11) is 0. The number of halogens is 1. The summed E-state index contributed by atoms with van der Waals surface area (Å²) in [5, 5.41) is 15.7. The van der Waals surface area contributed by atoms with Gasteiger partial charge in [-0.3, -0.25) is 9.59 Å². The third-order valence-corrected chi connectivity index (χ3v) is 5.97. The normalized spacial score (nSPS) is 15.1. The van der Waals surface area contributed by atoms with Crippen LogP contribution in [-0.2, 0) is 16.0 Å². The number of pyridine rings is 1. The number of nitrogens with one attached hydrogen (secondary N) is 2. The molecule has 0 spiro atoms. The molecule has 1 aliphatic heterocycles. The Morgan fingerprint density at radius 2 is 2.06 bits per heavy atom. The van der Waals surface area contributed by atoms with Crippen molar-refractivity contribution in [2.24, 2.45) is 0 Å². The lowest BCUT2D eigenvalue weighted by Gasteiger charge is -2.29. The largest absolute Gasteiger partial charge is 0.368 e. The molecule has 0 saturated carbocycles. The standard InChI is InChI=1S/C27H26FN5O2/c28-21-7-3-5-19(15-21)13-14-30-27-25(33(18-34)17-22-8-4-10-26(35)31-22)12-11-24(32-27)23-9-2-1-6-20(23)16-29/h1-3,5-7,9,11-12,15,18,22H,4,8,10,13-14,17H2,(H,30,32)(H,31,35). The van der Waals surface area contributed by atoms with Gasteiger partial charge >= 0.3 is 0 Å². The van der Waals surface area contributed by atoms with Crippen molar-refractivity contribution in [3.05, 3.63) is 77.6 Å². The number of benzene rings is 2. The molecule has 3 aromatic rings. The fraction of sp³-hybridized carbons (Fsp3) is 0.259. The van der Waals surface area contributed by atoms with Crippen molar-refractivity contribution in [1.82, 2.24) is 10.3 Å². The minimum atomic E-state index is -0.293. The molecular weight excluding hydrogens is 445 g/mol. The molecule has 7 nitrogen and oxygen atoms in total. The molecule has 1 aliphatic rings. The predicted molar refractivity (Wildman–Crippen MR) is 132 cm³/mol. The van der Waals surface area contributed by atoms with Crippen LogP contribution in [0.3, 0.4) is 0 Å². The van der Waals surface area contributed by atoms with E-state index >= 15 is 0 Å². The van der Waals surface area contributed by atoms with Crippen LogP contribution >= 0.6 is 0 Å². The first-order valence-corrected chi connectivity index (χ1v) is 11.6. The number of amides is 2. The number of hydrogen-bond acceptors (Lipinski definition) is 5. The van der Waals surface area contributed by atoms with Crippen LogP contribution < -0.4 is 15.5 Å². The van der Waals surface area contributed by atoms with Crippen molar-refractivity contribution in [3.8, 4) is 17.3 Å². The van der Waals surface area contributed by atoms with Crippen LogP contribution in [0.25, 0.3) is 11.3 Å². The van der Waals surface area contributed by atoms with Gasteiger partial charge in [0.05, 0.1) is 23.0 Å². The Labute approximate surface area is 203 Å². The first kappa shape index (κ1) is 23.9. The van der Waals surface area contributed by atoms with E-state index in [9.17, 15) is 19.2 Å². The van der Waals surface area contributed by atoms with Gasteiger partial charge in [0.1, 0.15) is 5.82 Å². The van der Waals surface area contributed by atoms with E-state index in [1.165, 1.54) is 17.0 Å².